The quantitative estimate of drug-likeness (QED) is 0.0164. The molecule has 0 saturated carbocycles. The zero-order valence-corrected chi connectivity index (χ0v) is 56.8. The van der Waals surface area contributed by atoms with Crippen molar-refractivity contribution in [1.82, 2.24) is 8.75 Å². The fourth-order valence-electron chi connectivity index (χ4n) is 12.2. The molecular weight excluding hydrogens is 1120 g/mol. The third kappa shape index (κ3) is 20.4. The van der Waals surface area contributed by atoms with Gasteiger partial charge in [-0.2, -0.15) is 19.3 Å². The SMILES string of the molecule is C#CC#CC#COc1cc(/C(C#N)=C/c2cc(OCCCCCC)c(C)cc2OCCCCCC)c(OCCCCCC)cc1/C(C#N)=C/C.CCCCCCCCC1(CCCCCCCC)c2cc(C)ccc2-c2ccc(-c3ccc(C)c4nsnc34)cc21. The minimum absolute atomic E-state index is 0.104. The first-order valence-electron chi connectivity index (χ1n) is 34.1. The van der Waals surface area contributed by atoms with Crippen molar-refractivity contribution in [2.24, 2.45) is 0 Å². The summed E-state index contributed by atoms with van der Waals surface area (Å²) < 4.78 is 34.1. The van der Waals surface area contributed by atoms with Gasteiger partial charge in [-0.05, 0) is 147 Å². The second-order valence-corrected chi connectivity index (χ2v) is 24.8. The Morgan fingerprint density at radius 2 is 1.01 bits per heavy atom. The fourth-order valence-corrected chi connectivity index (χ4v) is 12.9. The molecule has 1 aromatic heterocycles. The molecule has 1 aliphatic carbocycles. The number of ether oxygens (including phenoxy) is 4. The molecule has 0 spiro atoms. The van der Waals surface area contributed by atoms with Gasteiger partial charge in [0.1, 0.15) is 40.1 Å². The van der Waals surface area contributed by atoms with Crippen LogP contribution >= 0.6 is 11.7 Å². The number of hydrogen-bond donors (Lipinski definition) is 0. The number of fused-ring (bicyclic) bond motifs is 4. The first-order chi connectivity index (χ1) is 44.1. The van der Waals surface area contributed by atoms with E-state index in [0.717, 1.165) is 98.5 Å². The third-order valence-electron chi connectivity index (χ3n) is 17.3. The topological polar surface area (TPSA) is 110 Å². The Kier molecular flexibility index (Phi) is 31.2. The van der Waals surface area contributed by atoms with E-state index >= 15 is 0 Å². The number of nitrogens with zero attached hydrogens (tertiary/aromatic N) is 4. The molecule has 8 nitrogen and oxygen atoms in total. The molecule has 9 heteroatoms. The normalized spacial score (nSPS) is 12.0. The molecular formula is C81H100N4O4S. The molecule has 0 radical (unpaired) electrons. The molecule has 90 heavy (non-hydrogen) atoms. The molecule has 5 aromatic carbocycles. The van der Waals surface area contributed by atoms with E-state index in [1.807, 2.05) is 19.1 Å². The molecule has 0 fully saturated rings. The average molecular weight is 1230 g/mol. The van der Waals surface area contributed by atoms with Crippen LogP contribution in [-0.4, -0.2) is 28.6 Å². The van der Waals surface area contributed by atoms with Crippen LogP contribution in [0.2, 0.25) is 0 Å². The van der Waals surface area contributed by atoms with Gasteiger partial charge in [0.2, 0.25) is 0 Å². The van der Waals surface area contributed by atoms with E-state index in [9.17, 15) is 10.5 Å². The highest BCUT2D eigenvalue weighted by Gasteiger charge is 2.42. The summed E-state index contributed by atoms with van der Waals surface area (Å²) in [6.45, 7) is 21.0. The highest BCUT2D eigenvalue weighted by Crippen LogP contribution is 2.55. The third-order valence-corrected chi connectivity index (χ3v) is 17.9. The number of terminal acetylenes is 1. The van der Waals surface area contributed by atoms with Crippen LogP contribution in [-0.2, 0) is 5.41 Å². The summed E-state index contributed by atoms with van der Waals surface area (Å²) in [5.74, 6) is 11.9. The van der Waals surface area contributed by atoms with Crippen molar-refractivity contribution in [3.63, 3.8) is 0 Å². The summed E-state index contributed by atoms with van der Waals surface area (Å²) >= 11 is 1.33. The van der Waals surface area contributed by atoms with Gasteiger partial charge in [0.25, 0.3) is 0 Å². The minimum atomic E-state index is 0.104. The monoisotopic (exact) mass is 1220 g/mol. The molecule has 0 atom stereocenters. The number of nitriles is 2. The lowest BCUT2D eigenvalue weighted by Crippen LogP contribution is -2.25. The van der Waals surface area contributed by atoms with Crippen molar-refractivity contribution in [2.45, 2.75) is 235 Å². The van der Waals surface area contributed by atoms with Gasteiger partial charge < -0.3 is 18.9 Å². The molecule has 0 N–H and O–H groups in total. The van der Waals surface area contributed by atoms with E-state index in [1.165, 1.54) is 141 Å². The van der Waals surface area contributed by atoms with Gasteiger partial charge >= 0.3 is 0 Å². The number of aryl methyl sites for hydroxylation is 3. The minimum Gasteiger partial charge on any atom is -0.493 e. The summed E-state index contributed by atoms with van der Waals surface area (Å²) in [5.41, 5.74) is 16.8. The molecule has 6 aromatic rings. The van der Waals surface area contributed by atoms with Crippen LogP contribution in [0.3, 0.4) is 0 Å². The van der Waals surface area contributed by atoms with Crippen molar-refractivity contribution in [2.75, 3.05) is 19.8 Å². The largest absolute Gasteiger partial charge is 0.493 e. The highest BCUT2D eigenvalue weighted by atomic mass is 32.1. The molecule has 1 heterocycles. The molecule has 1 aliphatic rings. The fraction of sp³-hybridized carbons (Fsp3) is 0.481. The smallest absolute Gasteiger partial charge is 0.149 e. The molecule has 474 valence electrons. The van der Waals surface area contributed by atoms with Crippen molar-refractivity contribution in [3.05, 3.63) is 123 Å². The van der Waals surface area contributed by atoms with Crippen molar-refractivity contribution in [1.29, 1.82) is 10.5 Å². The molecule has 0 aliphatic heterocycles. The number of allylic oxidation sites excluding steroid dienone is 3. The van der Waals surface area contributed by atoms with Crippen LogP contribution in [0.1, 0.15) is 253 Å². The summed E-state index contributed by atoms with van der Waals surface area (Å²) in [7, 11) is 0. The van der Waals surface area contributed by atoms with Gasteiger partial charge in [0, 0.05) is 39.5 Å². The molecule has 0 amide bonds. The number of aromatic nitrogens is 2. The van der Waals surface area contributed by atoms with E-state index in [2.05, 4.69) is 143 Å². The van der Waals surface area contributed by atoms with E-state index in [1.54, 1.807) is 42.3 Å². The first-order valence-corrected chi connectivity index (χ1v) is 34.8. The number of hydrogen-bond acceptors (Lipinski definition) is 9. The molecule has 0 bridgehead atoms. The maximum Gasteiger partial charge on any atom is 0.149 e. The zero-order valence-electron chi connectivity index (χ0n) is 56.0. The number of rotatable bonds is 37. The van der Waals surface area contributed by atoms with Crippen LogP contribution in [0.15, 0.2) is 78.9 Å². The van der Waals surface area contributed by atoms with Crippen molar-refractivity contribution in [3.8, 4) is 93.6 Å². The van der Waals surface area contributed by atoms with Gasteiger partial charge in [-0.3, -0.25) is 0 Å². The Morgan fingerprint density at radius 1 is 0.500 bits per heavy atom. The van der Waals surface area contributed by atoms with E-state index in [0.29, 0.717) is 53.6 Å². The Morgan fingerprint density at radius 3 is 1.60 bits per heavy atom. The number of unbranched alkanes of at least 4 members (excludes halogenated alkanes) is 19. The Balaban J connectivity index is 0.000000292. The second kappa shape index (κ2) is 39.4. The highest BCUT2D eigenvalue weighted by molar-refractivity contribution is 7.00. The van der Waals surface area contributed by atoms with E-state index in [-0.39, 0.29) is 11.2 Å². The summed E-state index contributed by atoms with van der Waals surface area (Å²) in [6.07, 6.45) is 42.8. The van der Waals surface area contributed by atoms with Crippen molar-refractivity contribution >= 4 is 40.0 Å². The predicted octanol–water partition coefficient (Wildman–Crippen LogP) is 22.6. The first kappa shape index (κ1) is 71.3. The van der Waals surface area contributed by atoms with Gasteiger partial charge in [-0.1, -0.05) is 224 Å². The van der Waals surface area contributed by atoms with E-state index in [4.69, 9.17) is 29.7 Å². The summed E-state index contributed by atoms with van der Waals surface area (Å²) in [6, 6.07) is 31.0. The van der Waals surface area contributed by atoms with Crippen LogP contribution < -0.4 is 18.9 Å². The summed E-state index contributed by atoms with van der Waals surface area (Å²) in [4.78, 5) is 0. The van der Waals surface area contributed by atoms with Gasteiger partial charge in [0.05, 0.1) is 54.8 Å². The maximum absolute atomic E-state index is 10.6. The second-order valence-electron chi connectivity index (χ2n) is 24.3. The lowest BCUT2D eigenvalue weighted by molar-refractivity contribution is 0.295. The van der Waals surface area contributed by atoms with Gasteiger partial charge in [-0.25, -0.2) is 0 Å². The maximum atomic E-state index is 10.6. The molecule has 7 rings (SSSR count). The predicted molar refractivity (Wildman–Crippen MR) is 379 cm³/mol. The van der Waals surface area contributed by atoms with Crippen molar-refractivity contribution < 1.29 is 18.9 Å². The van der Waals surface area contributed by atoms with Crippen LogP contribution in [0, 0.1) is 79.6 Å². The van der Waals surface area contributed by atoms with Crippen LogP contribution in [0.5, 0.6) is 23.0 Å². The van der Waals surface area contributed by atoms with E-state index < -0.39 is 0 Å². The summed E-state index contributed by atoms with van der Waals surface area (Å²) in [5, 5.41) is 20.6. The standard InChI is InChI=1S/C44H52N2O4.C37H48N2S/c1-7-12-16-20-24-47-41-30-37(42(28-35(41)6)48-25-21-17-13-8-2)29-38(34-46)40-32-43(49-26-22-18-14-9-3)39(36(11-5)33-45)31-44(40)50-27-23-19-15-10-4;1-5-7-9-11-13-15-23-37(24-16-14-12-10-8-6-2)33-25-27(3)17-20-31(33)32-22-19-29(26-34(32)37)30-21-18-28(4)35-36(30)39-40-38-35/h3,11,28-32H,7-8,10,12-13,15-17,19-21,23-25,27H2,1-2,4-6H3;17-22,25-26H,5-16,23-24H2,1-4H3/b36-11+,38-29+;. The lowest BCUT2D eigenvalue weighted by atomic mass is 9.70. The Labute approximate surface area is 546 Å². The Hall–Kier alpha value is -7.74. The average Bonchev–Trinajstić information content (AvgIpc) is 1.58. The Bertz CT molecular complexity index is 3560. The van der Waals surface area contributed by atoms with Crippen LogP contribution in [0.4, 0.5) is 0 Å². The molecule has 0 saturated heterocycles. The number of benzene rings is 5. The van der Waals surface area contributed by atoms with Gasteiger partial charge in [0.15, 0.2) is 0 Å². The van der Waals surface area contributed by atoms with Gasteiger partial charge in [-0.15, -0.1) is 6.42 Å². The van der Waals surface area contributed by atoms with Crippen LogP contribution in [0.25, 0.3) is 50.5 Å². The zero-order chi connectivity index (χ0) is 64.4. The molecule has 0 unspecified atom stereocenters. The lowest BCUT2D eigenvalue weighted by Gasteiger charge is -2.33.